The zero-order valence-corrected chi connectivity index (χ0v) is 19.9. The summed E-state index contributed by atoms with van der Waals surface area (Å²) in [4.78, 5) is 26.0. The predicted molar refractivity (Wildman–Crippen MR) is 133 cm³/mol. The molecule has 0 saturated heterocycles. The molecular formula is C28H33NO4. The van der Waals surface area contributed by atoms with Crippen molar-refractivity contribution in [3.63, 3.8) is 0 Å². The van der Waals surface area contributed by atoms with Crippen LogP contribution in [-0.4, -0.2) is 24.8 Å². The summed E-state index contributed by atoms with van der Waals surface area (Å²) in [6, 6.07) is 15.2. The van der Waals surface area contributed by atoms with Gasteiger partial charge in [0.2, 0.25) is 0 Å². The number of benzene rings is 3. The Morgan fingerprint density at radius 1 is 0.970 bits per heavy atom. The Kier molecular flexibility index (Phi) is 6.87. The standard InChI is InChI=1S/C28H33NO4/c1-5-32-27(30)25-20-10-6-8-12-22(20)26(23-13-9-7-11-21(23)25)29-28(31)33-24-16-18(4)14-15-19(24)17(2)3/h6-13,17-19,24H,5,14-16H2,1-4H3,(H,29,31)/t18-,19+,24-/m1/s1. The van der Waals surface area contributed by atoms with E-state index in [0.29, 0.717) is 35.6 Å². The summed E-state index contributed by atoms with van der Waals surface area (Å²) in [6.45, 7) is 8.71. The first-order chi connectivity index (χ1) is 15.9. The number of carbonyl (C=O) groups excluding carboxylic acids is 2. The number of fused-ring (bicyclic) bond motifs is 2. The summed E-state index contributed by atoms with van der Waals surface area (Å²) in [5.41, 5.74) is 1.17. The molecule has 33 heavy (non-hydrogen) atoms. The van der Waals surface area contributed by atoms with Crippen LogP contribution in [0.3, 0.4) is 0 Å². The fraction of sp³-hybridized carbons (Fsp3) is 0.429. The van der Waals surface area contributed by atoms with Crippen molar-refractivity contribution < 1.29 is 19.1 Å². The van der Waals surface area contributed by atoms with Gasteiger partial charge in [-0.3, -0.25) is 5.32 Å². The molecule has 0 spiro atoms. The van der Waals surface area contributed by atoms with Crippen molar-refractivity contribution in [3.8, 4) is 0 Å². The topological polar surface area (TPSA) is 64.6 Å². The average molecular weight is 448 g/mol. The molecule has 0 radical (unpaired) electrons. The molecule has 174 valence electrons. The molecule has 0 bridgehead atoms. The van der Waals surface area contributed by atoms with E-state index in [-0.39, 0.29) is 12.1 Å². The summed E-state index contributed by atoms with van der Waals surface area (Å²) in [7, 11) is 0. The van der Waals surface area contributed by atoms with Crippen molar-refractivity contribution in [3.05, 3.63) is 54.1 Å². The second-order valence-corrected chi connectivity index (χ2v) is 9.46. The van der Waals surface area contributed by atoms with Crippen molar-refractivity contribution in [2.45, 2.75) is 53.1 Å². The van der Waals surface area contributed by atoms with Gasteiger partial charge >= 0.3 is 12.1 Å². The summed E-state index contributed by atoms with van der Waals surface area (Å²) >= 11 is 0. The van der Waals surface area contributed by atoms with Gasteiger partial charge < -0.3 is 9.47 Å². The number of anilines is 1. The number of carbonyl (C=O) groups is 2. The molecule has 1 saturated carbocycles. The number of ether oxygens (including phenoxy) is 2. The van der Waals surface area contributed by atoms with Gasteiger partial charge in [0.05, 0.1) is 17.9 Å². The lowest BCUT2D eigenvalue weighted by molar-refractivity contribution is 0.0126. The van der Waals surface area contributed by atoms with E-state index in [9.17, 15) is 9.59 Å². The Morgan fingerprint density at radius 3 is 2.09 bits per heavy atom. The first-order valence-electron chi connectivity index (χ1n) is 12.0. The highest BCUT2D eigenvalue weighted by molar-refractivity contribution is 6.24. The van der Waals surface area contributed by atoms with E-state index in [1.165, 1.54) is 6.42 Å². The Hall–Kier alpha value is -3.08. The molecule has 3 atom stereocenters. The van der Waals surface area contributed by atoms with Crippen LogP contribution in [0.1, 0.15) is 57.3 Å². The van der Waals surface area contributed by atoms with Crippen LogP contribution in [0.2, 0.25) is 0 Å². The molecule has 5 nitrogen and oxygen atoms in total. The van der Waals surface area contributed by atoms with E-state index < -0.39 is 6.09 Å². The van der Waals surface area contributed by atoms with Crippen LogP contribution in [0.5, 0.6) is 0 Å². The minimum atomic E-state index is -0.445. The van der Waals surface area contributed by atoms with Crippen molar-refractivity contribution in [1.82, 2.24) is 0 Å². The minimum absolute atomic E-state index is 0.0925. The zero-order valence-electron chi connectivity index (χ0n) is 19.9. The smallest absolute Gasteiger partial charge is 0.411 e. The van der Waals surface area contributed by atoms with E-state index >= 15 is 0 Å². The maximum atomic E-state index is 13.1. The molecule has 1 amide bonds. The first kappa shape index (κ1) is 23.1. The lowest BCUT2D eigenvalue weighted by Gasteiger charge is -2.36. The van der Waals surface area contributed by atoms with Gasteiger partial charge in [0, 0.05) is 10.8 Å². The highest BCUT2D eigenvalue weighted by Gasteiger charge is 2.33. The third kappa shape index (κ3) is 4.68. The fourth-order valence-corrected chi connectivity index (χ4v) is 5.21. The van der Waals surface area contributed by atoms with Gasteiger partial charge in [-0.1, -0.05) is 75.7 Å². The van der Waals surface area contributed by atoms with Gasteiger partial charge in [0.1, 0.15) is 6.10 Å². The Balaban J connectivity index is 1.74. The highest BCUT2D eigenvalue weighted by atomic mass is 16.6. The number of nitrogens with one attached hydrogen (secondary N) is 1. The summed E-state index contributed by atoms with van der Waals surface area (Å²) in [6.07, 6.45) is 2.61. The zero-order chi connectivity index (χ0) is 23.5. The van der Waals surface area contributed by atoms with Crippen LogP contribution in [0.4, 0.5) is 10.5 Å². The van der Waals surface area contributed by atoms with Gasteiger partial charge in [-0.25, -0.2) is 9.59 Å². The van der Waals surface area contributed by atoms with Crippen molar-refractivity contribution >= 4 is 39.3 Å². The van der Waals surface area contributed by atoms with Crippen molar-refractivity contribution in [2.75, 3.05) is 11.9 Å². The largest absolute Gasteiger partial charge is 0.462 e. The molecule has 1 fully saturated rings. The molecule has 5 heteroatoms. The second-order valence-electron chi connectivity index (χ2n) is 9.46. The van der Waals surface area contributed by atoms with Gasteiger partial charge in [-0.05, 0) is 48.3 Å². The van der Waals surface area contributed by atoms with Gasteiger partial charge in [0.25, 0.3) is 0 Å². The van der Waals surface area contributed by atoms with Crippen LogP contribution in [0.25, 0.3) is 21.5 Å². The van der Waals surface area contributed by atoms with Crippen LogP contribution < -0.4 is 5.32 Å². The SMILES string of the molecule is CCOC(=O)c1c2ccccc2c(NC(=O)O[C@@H]2C[C@H](C)CC[C@H]2C(C)C)c2ccccc12. The van der Waals surface area contributed by atoms with E-state index in [2.05, 4.69) is 26.1 Å². The third-order valence-electron chi connectivity index (χ3n) is 6.86. The molecule has 0 heterocycles. The Bertz CT molecular complexity index is 1110. The number of hydrogen-bond acceptors (Lipinski definition) is 4. The molecule has 1 N–H and O–H groups in total. The Morgan fingerprint density at radius 2 is 1.55 bits per heavy atom. The number of rotatable bonds is 5. The summed E-state index contributed by atoms with van der Waals surface area (Å²) in [5.74, 6) is 1.01. The molecule has 1 aliphatic carbocycles. The van der Waals surface area contributed by atoms with Gasteiger partial charge in [-0.2, -0.15) is 0 Å². The number of hydrogen-bond donors (Lipinski definition) is 1. The molecule has 0 aliphatic heterocycles. The molecule has 4 rings (SSSR count). The van der Waals surface area contributed by atoms with E-state index in [0.717, 1.165) is 34.4 Å². The molecular weight excluding hydrogens is 414 g/mol. The second kappa shape index (κ2) is 9.82. The predicted octanol–water partition coefficient (Wildman–Crippen LogP) is 7.18. The summed E-state index contributed by atoms with van der Waals surface area (Å²) in [5, 5.41) is 6.10. The van der Waals surface area contributed by atoms with E-state index in [4.69, 9.17) is 9.47 Å². The van der Waals surface area contributed by atoms with Crippen molar-refractivity contribution in [2.24, 2.45) is 17.8 Å². The van der Waals surface area contributed by atoms with Gasteiger partial charge in [0.15, 0.2) is 0 Å². The van der Waals surface area contributed by atoms with E-state index in [1.807, 2.05) is 48.5 Å². The molecule has 0 aromatic heterocycles. The molecule has 3 aromatic carbocycles. The van der Waals surface area contributed by atoms with E-state index in [1.54, 1.807) is 6.92 Å². The highest BCUT2D eigenvalue weighted by Crippen LogP contribution is 2.38. The van der Waals surface area contributed by atoms with Crippen LogP contribution in [-0.2, 0) is 9.47 Å². The lowest BCUT2D eigenvalue weighted by atomic mass is 9.75. The lowest BCUT2D eigenvalue weighted by Crippen LogP contribution is -2.37. The normalized spacial score (nSPS) is 20.7. The quantitative estimate of drug-likeness (QED) is 0.332. The van der Waals surface area contributed by atoms with Crippen LogP contribution >= 0.6 is 0 Å². The van der Waals surface area contributed by atoms with Crippen LogP contribution in [0.15, 0.2) is 48.5 Å². The monoisotopic (exact) mass is 447 g/mol. The maximum absolute atomic E-state index is 13.1. The van der Waals surface area contributed by atoms with Crippen molar-refractivity contribution in [1.29, 1.82) is 0 Å². The number of amides is 1. The summed E-state index contributed by atoms with van der Waals surface area (Å²) < 4.78 is 11.4. The molecule has 1 aliphatic rings. The maximum Gasteiger partial charge on any atom is 0.411 e. The van der Waals surface area contributed by atoms with Crippen LogP contribution in [0, 0.1) is 17.8 Å². The number of esters is 1. The average Bonchev–Trinajstić information content (AvgIpc) is 2.79. The molecule has 3 aromatic rings. The minimum Gasteiger partial charge on any atom is -0.462 e. The Labute approximate surface area is 195 Å². The van der Waals surface area contributed by atoms with Gasteiger partial charge in [-0.15, -0.1) is 0 Å². The third-order valence-corrected chi connectivity index (χ3v) is 6.86. The molecule has 0 unspecified atom stereocenters. The fourth-order valence-electron chi connectivity index (χ4n) is 5.21. The first-order valence-corrected chi connectivity index (χ1v) is 12.0.